The highest BCUT2D eigenvalue weighted by Crippen LogP contribution is 2.35. The predicted octanol–water partition coefficient (Wildman–Crippen LogP) is 3.66. The van der Waals surface area contributed by atoms with Crippen LogP contribution >= 0.6 is 0 Å². The molecule has 0 N–H and O–H groups in total. The summed E-state index contributed by atoms with van der Waals surface area (Å²) in [5.41, 5.74) is 0.221. The number of rotatable bonds is 4. The Kier molecular flexibility index (Phi) is 5.26. The summed E-state index contributed by atoms with van der Waals surface area (Å²) in [4.78, 5) is 9.82. The molecule has 2 aromatic heterocycles. The molecule has 26 heavy (non-hydrogen) atoms. The van der Waals surface area contributed by atoms with Crippen molar-refractivity contribution in [1.82, 2.24) is 9.97 Å². The van der Waals surface area contributed by atoms with Crippen LogP contribution in [0.1, 0.15) is 24.1 Å². The van der Waals surface area contributed by atoms with Crippen LogP contribution in [0.4, 0.5) is 18.9 Å². The number of hydrogen-bond donors (Lipinski definition) is 0. The molecule has 1 aliphatic heterocycles. The molecule has 1 unspecified atom stereocenters. The molecule has 8 heteroatoms. The van der Waals surface area contributed by atoms with Gasteiger partial charge in [-0.3, -0.25) is 0 Å². The summed E-state index contributed by atoms with van der Waals surface area (Å²) in [6.45, 7) is 1.50. The molecule has 0 amide bonds. The van der Waals surface area contributed by atoms with E-state index in [1.165, 1.54) is 12.3 Å². The SMILES string of the molecule is N#Cc1ncccc1N1CCCC(COc2ncccc2C(F)(F)F)C1. The summed E-state index contributed by atoms with van der Waals surface area (Å²) in [5, 5.41) is 9.20. The number of pyridine rings is 2. The third-order valence-corrected chi connectivity index (χ3v) is 4.28. The third kappa shape index (κ3) is 4.04. The average molecular weight is 362 g/mol. The van der Waals surface area contributed by atoms with Crippen molar-refractivity contribution in [1.29, 1.82) is 5.26 Å². The molecular formula is C18H17F3N4O. The van der Waals surface area contributed by atoms with Crippen LogP contribution in [0.25, 0.3) is 0 Å². The van der Waals surface area contributed by atoms with Gasteiger partial charge in [-0.25, -0.2) is 9.97 Å². The molecule has 0 radical (unpaired) electrons. The van der Waals surface area contributed by atoms with Crippen molar-refractivity contribution in [3.05, 3.63) is 47.9 Å². The van der Waals surface area contributed by atoms with E-state index in [1.807, 2.05) is 11.0 Å². The van der Waals surface area contributed by atoms with Crippen LogP contribution in [0.2, 0.25) is 0 Å². The minimum absolute atomic E-state index is 0.0404. The second-order valence-electron chi connectivity index (χ2n) is 6.10. The monoisotopic (exact) mass is 362 g/mol. The van der Waals surface area contributed by atoms with E-state index in [2.05, 4.69) is 16.0 Å². The van der Waals surface area contributed by atoms with Crippen molar-refractivity contribution in [2.75, 3.05) is 24.6 Å². The molecule has 1 saturated heterocycles. The Labute approximate surface area is 149 Å². The molecule has 0 bridgehead atoms. The van der Waals surface area contributed by atoms with Crippen LogP contribution in [-0.2, 0) is 6.18 Å². The molecule has 0 spiro atoms. The fourth-order valence-corrected chi connectivity index (χ4v) is 3.08. The maximum Gasteiger partial charge on any atom is 0.421 e. The fraction of sp³-hybridized carbons (Fsp3) is 0.389. The largest absolute Gasteiger partial charge is 0.477 e. The van der Waals surface area contributed by atoms with Crippen LogP contribution in [0, 0.1) is 17.2 Å². The Balaban J connectivity index is 1.68. The highest BCUT2D eigenvalue weighted by molar-refractivity contribution is 5.55. The summed E-state index contributed by atoms with van der Waals surface area (Å²) in [7, 11) is 0. The molecule has 2 aromatic rings. The Bertz CT molecular complexity index is 804. The van der Waals surface area contributed by atoms with Gasteiger partial charge < -0.3 is 9.64 Å². The smallest absolute Gasteiger partial charge is 0.421 e. The van der Waals surface area contributed by atoms with E-state index in [4.69, 9.17) is 4.74 Å². The number of halogens is 3. The molecular weight excluding hydrogens is 345 g/mol. The molecule has 5 nitrogen and oxygen atoms in total. The lowest BCUT2D eigenvalue weighted by molar-refractivity contribution is -0.139. The number of anilines is 1. The Hall–Kier alpha value is -2.82. The van der Waals surface area contributed by atoms with Crippen LogP contribution < -0.4 is 9.64 Å². The maximum atomic E-state index is 13.0. The minimum Gasteiger partial charge on any atom is -0.477 e. The summed E-state index contributed by atoms with van der Waals surface area (Å²) >= 11 is 0. The number of hydrogen-bond acceptors (Lipinski definition) is 5. The van der Waals surface area contributed by atoms with Gasteiger partial charge >= 0.3 is 6.18 Å². The molecule has 0 saturated carbocycles. The van der Waals surface area contributed by atoms with E-state index in [9.17, 15) is 18.4 Å². The summed E-state index contributed by atoms with van der Waals surface area (Å²) in [5.74, 6) is -0.352. The van der Waals surface area contributed by atoms with Gasteiger partial charge in [0.1, 0.15) is 11.6 Å². The zero-order chi connectivity index (χ0) is 18.6. The molecule has 3 heterocycles. The summed E-state index contributed by atoms with van der Waals surface area (Å²) in [6.07, 6.45) is 0.0491. The summed E-state index contributed by atoms with van der Waals surface area (Å²) < 4.78 is 44.5. The standard InChI is InChI=1S/C18H17F3N4O/c19-18(20,21)14-5-1-8-24-17(14)26-12-13-4-3-9-25(11-13)16-6-2-7-23-15(16)10-22/h1-2,5-8,13H,3-4,9,11-12H2. The van der Waals surface area contributed by atoms with Crippen molar-refractivity contribution in [2.24, 2.45) is 5.92 Å². The second kappa shape index (κ2) is 7.60. The van der Waals surface area contributed by atoms with Gasteiger partial charge in [0.05, 0.1) is 12.3 Å². The number of nitriles is 1. The first-order chi connectivity index (χ1) is 12.5. The molecule has 0 aromatic carbocycles. The van der Waals surface area contributed by atoms with Crippen LogP contribution in [0.5, 0.6) is 5.88 Å². The number of aromatic nitrogens is 2. The third-order valence-electron chi connectivity index (χ3n) is 4.28. The Morgan fingerprint density at radius 3 is 2.77 bits per heavy atom. The van der Waals surface area contributed by atoms with Crippen molar-refractivity contribution < 1.29 is 17.9 Å². The van der Waals surface area contributed by atoms with Gasteiger partial charge in [0.25, 0.3) is 0 Å². The van der Waals surface area contributed by atoms with Gasteiger partial charge in [-0.2, -0.15) is 18.4 Å². The first-order valence-corrected chi connectivity index (χ1v) is 8.24. The zero-order valence-corrected chi connectivity index (χ0v) is 13.9. The molecule has 0 aliphatic carbocycles. The van der Waals surface area contributed by atoms with Crippen molar-refractivity contribution >= 4 is 5.69 Å². The van der Waals surface area contributed by atoms with Gasteiger partial charge in [0.15, 0.2) is 5.69 Å². The second-order valence-corrected chi connectivity index (χ2v) is 6.10. The lowest BCUT2D eigenvalue weighted by Gasteiger charge is -2.34. The van der Waals surface area contributed by atoms with Crippen molar-refractivity contribution in [2.45, 2.75) is 19.0 Å². The van der Waals surface area contributed by atoms with Crippen LogP contribution in [0.15, 0.2) is 36.7 Å². The van der Waals surface area contributed by atoms with E-state index >= 15 is 0 Å². The fourth-order valence-electron chi connectivity index (χ4n) is 3.08. The quantitative estimate of drug-likeness (QED) is 0.831. The molecule has 1 fully saturated rings. The van der Waals surface area contributed by atoms with Crippen LogP contribution in [-0.4, -0.2) is 29.7 Å². The van der Waals surface area contributed by atoms with E-state index in [-0.39, 0.29) is 12.5 Å². The summed E-state index contributed by atoms with van der Waals surface area (Å²) in [6, 6.07) is 7.87. The molecule has 136 valence electrons. The predicted molar refractivity (Wildman–Crippen MR) is 88.6 cm³/mol. The zero-order valence-electron chi connectivity index (χ0n) is 13.9. The Morgan fingerprint density at radius 2 is 2.00 bits per heavy atom. The normalized spacial score (nSPS) is 17.6. The average Bonchev–Trinajstić information content (AvgIpc) is 2.66. The van der Waals surface area contributed by atoms with E-state index in [0.717, 1.165) is 31.1 Å². The lowest BCUT2D eigenvalue weighted by Crippen LogP contribution is -2.38. The number of piperidine rings is 1. The molecule has 1 atom stereocenters. The van der Waals surface area contributed by atoms with Gasteiger partial charge in [-0.1, -0.05) is 0 Å². The topological polar surface area (TPSA) is 62.0 Å². The maximum absolute atomic E-state index is 13.0. The first kappa shape index (κ1) is 18.0. The minimum atomic E-state index is -4.50. The van der Waals surface area contributed by atoms with E-state index < -0.39 is 17.6 Å². The highest BCUT2D eigenvalue weighted by atomic mass is 19.4. The molecule has 3 rings (SSSR count). The Morgan fingerprint density at radius 1 is 1.23 bits per heavy atom. The van der Waals surface area contributed by atoms with Gasteiger partial charge in [-0.15, -0.1) is 0 Å². The van der Waals surface area contributed by atoms with E-state index in [1.54, 1.807) is 12.3 Å². The van der Waals surface area contributed by atoms with Crippen molar-refractivity contribution in [3.63, 3.8) is 0 Å². The van der Waals surface area contributed by atoms with Gasteiger partial charge in [0.2, 0.25) is 5.88 Å². The first-order valence-electron chi connectivity index (χ1n) is 8.24. The molecule has 1 aliphatic rings. The number of alkyl halides is 3. The van der Waals surface area contributed by atoms with Crippen molar-refractivity contribution in [3.8, 4) is 11.9 Å². The highest BCUT2D eigenvalue weighted by Gasteiger charge is 2.35. The van der Waals surface area contributed by atoms with E-state index in [0.29, 0.717) is 12.2 Å². The van der Waals surface area contributed by atoms with Gasteiger partial charge in [-0.05, 0) is 37.1 Å². The number of nitrogens with zero attached hydrogens (tertiary/aromatic N) is 4. The number of ether oxygens (including phenoxy) is 1. The van der Waals surface area contributed by atoms with Crippen LogP contribution in [0.3, 0.4) is 0 Å². The lowest BCUT2D eigenvalue weighted by atomic mass is 9.98. The van der Waals surface area contributed by atoms with Gasteiger partial charge in [0, 0.05) is 31.4 Å².